The van der Waals surface area contributed by atoms with E-state index in [0.717, 1.165) is 5.65 Å². The molecule has 0 bridgehead atoms. The molecular formula is C12H14N4O3S2. The molecule has 21 heavy (non-hydrogen) atoms. The molecule has 3 heterocycles. The second kappa shape index (κ2) is 5.64. The Balaban J connectivity index is 1.57. The molecule has 9 heteroatoms. The summed E-state index contributed by atoms with van der Waals surface area (Å²) in [7, 11) is -2.98. The van der Waals surface area contributed by atoms with Gasteiger partial charge in [-0.2, -0.15) is 0 Å². The van der Waals surface area contributed by atoms with Crippen molar-refractivity contribution in [2.45, 2.75) is 17.6 Å². The van der Waals surface area contributed by atoms with Crippen molar-refractivity contribution in [3.05, 3.63) is 24.4 Å². The van der Waals surface area contributed by atoms with Gasteiger partial charge in [0.15, 0.2) is 20.6 Å². The summed E-state index contributed by atoms with van der Waals surface area (Å²) < 4.78 is 24.5. The summed E-state index contributed by atoms with van der Waals surface area (Å²) in [6.07, 6.45) is 2.33. The SMILES string of the molecule is O=C(CSc1nnc2ccccn12)NC1CCS(=O)(=O)C1. The van der Waals surface area contributed by atoms with Crippen molar-refractivity contribution in [1.29, 1.82) is 0 Å². The van der Waals surface area contributed by atoms with Crippen LogP contribution in [0.4, 0.5) is 0 Å². The number of hydrogen-bond donors (Lipinski definition) is 1. The maximum atomic E-state index is 11.9. The van der Waals surface area contributed by atoms with E-state index in [1.165, 1.54) is 11.8 Å². The van der Waals surface area contributed by atoms with Crippen LogP contribution in [0.5, 0.6) is 0 Å². The predicted octanol–water partition coefficient (Wildman–Crippen LogP) is 0.125. The standard InChI is InChI=1S/C12H14N4O3S2/c17-11(13-9-4-6-21(18,19)8-9)7-20-12-15-14-10-3-1-2-5-16(10)12/h1-3,5,9H,4,6-8H2,(H,13,17). The largest absolute Gasteiger partial charge is 0.352 e. The fourth-order valence-corrected chi connectivity index (χ4v) is 4.64. The van der Waals surface area contributed by atoms with E-state index in [0.29, 0.717) is 11.6 Å². The molecule has 3 rings (SSSR count). The van der Waals surface area contributed by atoms with E-state index in [2.05, 4.69) is 15.5 Å². The molecule has 1 aliphatic rings. The summed E-state index contributed by atoms with van der Waals surface area (Å²) in [6, 6.07) is 5.30. The lowest BCUT2D eigenvalue weighted by molar-refractivity contribution is -0.119. The lowest BCUT2D eigenvalue weighted by atomic mass is 10.3. The van der Waals surface area contributed by atoms with Crippen molar-refractivity contribution in [1.82, 2.24) is 19.9 Å². The number of thioether (sulfide) groups is 1. The van der Waals surface area contributed by atoms with Gasteiger partial charge in [0.05, 0.1) is 17.3 Å². The normalized spacial score (nSPS) is 20.7. The van der Waals surface area contributed by atoms with E-state index in [1.807, 2.05) is 24.4 Å². The van der Waals surface area contributed by atoms with Gasteiger partial charge in [0, 0.05) is 12.2 Å². The number of pyridine rings is 1. The molecule has 2 aromatic rings. The minimum absolute atomic E-state index is 0.0390. The number of sulfone groups is 1. The zero-order chi connectivity index (χ0) is 14.9. The summed E-state index contributed by atoms with van der Waals surface area (Å²) >= 11 is 1.28. The van der Waals surface area contributed by atoms with Gasteiger partial charge in [0.25, 0.3) is 0 Å². The Morgan fingerprint density at radius 1 is 1.43 bits per heavy atom. The smallest absolute Gasteiger partial charge is 0.230 e. The third-order valence-electron chi connectivity index (χ3n) is 3.21. The van der Waals surface area contributed by atoms with Crippen LogP contribution in [-0.4, -0.2) is 52.2 Å². The zero-order valence-electron chi connectivity index (χ0n) is 11.1. The van der Waals surface area contributed by atoms with Crippen molar-refractivity contribution in [3.8, 4) is 0 Å². The van der Waals surface area contributed by atoms with Gasteiger partial charge < -0.3 is 5.32 Å². The van der Waals surface area contributed by atoms with Crippen LogP contribution in [0.2, 0.25) is 0 Å². The quantitative estimate of drug-likeness (QED) is 0.803. The van der Waals surface area contributed by atoms with Gasteiger partial charge >= 0.3 is 0 Å². The molecule has 1 aliphatic heterocycles. The lowest BCUT2D eigenvalue weighted by Gasteiger charge is -2.09. The van der Waals surface area contributed by atoms with Crippen LogP contribution in [0.15, 0.2) is 29.6 Å². The summed E-state index contributed by atoms with van der Waals surface area (Å²) in [6.45, 7) is 0. The van der Waals surface area contributed by atoms with Crippen LogP contribution in [0.3, 0.4) is 0 Å². The van der Waals surface area contributed by atoms with Crippen LogP contribution in [0.1, 0.15) is 6.42 Å². The number of amides is 1. The predicted molar refractivity (Wildman–Crippen MR) is 78.9 cm³/mol. The van der Waals surface area contributed by atoms with Gasteiger partial charge in [0.2, 0.25) is 5.91 Å². The highest BCUT2D eigenvalue weighted by Crippen LogP contribution is 2.17. The summed E-state index contributed by atoms with van der Waals surface area (Å²) in [4.78, 5) is 11.9. The molecule has 7 nitrogen and oxygen atoms in total. The van der Waals surface area contributed by atoms with Gasteiger partial charge in [-0.3, -0.25) is 9.20 Å². The minimum atomic E-state index is -2.98. The van der Waals surface area contributed by atoms with E-state index in [1.54, 1.807) is 4.40 Å². The molecule has 1 unspecified atom stereocenters. The number of nitrogens with zero attached hydrogens (tertiary/aromatic N) is 3. The molecule has 112 valence electrons. The third kappa shape index (κ3) is 3.35. The number of hydrogen-bond acceptors (Lipinski definition) is 6. The highest BCUT2D eigenvalue weighted by molar-refractivity contribution is 7.99. The summed E-state index contributed by atoms with van der Waals surface area (Å²) in [5.41, 5.74) is 0.724. The van der Waals surface area contributed by atoms with Crippen LogP contribution in [0, 0.1) is 0 Å². The van der Waals surface area contributed by atoms with Crippen LogP contribution in [0.25, 0.3) is 5.65 Å². The molecular weight excluding hydrogens is 312 g/mol. The first-order chi connectivity index (χ1) is 10.0. The second-order valence-electron chi connectivity index (χ2n) is 4.87. The topological polar surface area (TPSA) is 93.4 Å². The third-order valence-corrected chi connectivity index (χ3v) is 5.92. The highest BCUT2D eigenvalue weighted by atomic mass is 32.2. The molecule has 1 N–H and O–H groups in total. The molecule has 0 aliphatic carbocycles. The fourth-order valence-electron chi connectivity index (χ4n) is 2.23. The Kier molecular flexibility index (Phi) is 3.85. The Hall–Kier alpha value is -1.61. The average Bonchev–Trinajstić information content (AvgIpc) is 3.00. The zero-order valence-corrected chi connectivity index (χ0v) is 12.7. The van der Waals surface area contributed by atoms with Crippen LogP contribution >= 0.6 is 11.8 Å². The molecule has 1 saturated heterocycles. The molecule has 0 spiro atoms. The summed E-state index contributed by atoms with van der Waals surface area (Å²) in [5.74, 6) is 0.193. The van der Waals surface area contributed by atoms with Crippen molar-refractivity contribution < 1.29 is 13.2 Å². The second-order valence-corrected chi connectivity index (χ2v) is 8.04. The van der Waals surface area contributed by atoms with E-state index >= 15 is 0 Å². The molecule has 1 atom stereocenters. The maximum absolute atomic E-state index is 11.9. The Morgan fingerprint density at radius 2 is 2.29 bits per heavy atom. The number of carbonyl (C=O) groups is 1. The Labute approximate surface area is 126 Å². The van der Waals surface area contributed by atoms with E-state index < -0.39 is 9.84 Å². The van der Waals surface area contributed by atoms with Gasteiger partial charge in [-0.25, -0.2) is 8.42 Å². The number of rotatable bonds is 4. The van der Waals surface area contributed by atoms with Crippen molar-refractivity contribution in [2.75, 3.05) is 17.3 Å². The van der Waals surface area contributed by atoms with Gasteiger partial charge in [0.1, 0.15) is 0 Å². The number of fused-ring (bicyclic) bond motifs is 1. The van der Waals surface area contributed by atoms with E-state index in [9.17, 15) is 13.2 Å². The Morgan fingerprint density at radius 3 is 3.05 bits per heavy atom. The van der Waals surface area contributed by atoms with Crippen LogP contribution < -0.4 is 5.32 Å². The number of nitrogens with one attached hydrogen (secondary N) is 1. The highest BCUT2D eigenvalue weighted by Gasteiger charge is 2.28. The summed E-state index contributed by atoms with van der Waals surface area (Å²) in [5, 5.41) is 11.4. The molecule has 0 aromatic carbocycles. The van der Waals surface area contributed by atoms with E-state index in [4.69, 9.17) is 0 Å². The van der Waals surface area contributed by atoms with Crippen LogP contribution in [-0.2, 0) is 14.6 Å². The van der Waals surface area contributed by atoms with Crippen molar-refractivity contribution >= 4 is 33.2 Å². The van der Waals surface area contributed by atoms with Crippen molar-refractivity contribution in [2.24, 2.45) is 0 Å². The molecule has 1 fully saturated rings. The first kappa shape index (κ1) is 14.3. The molecule has 2 aromatic heterocycles. The van der Waals surface area contributed by atoms with E-state index in [-0.39, 0.29) is 29.2 Å². The van der Waals surface area contributed by atoms with Crippen molar-refractivity contribution in [3.63, 3.8) is 0 Å². The maximum Gasteiger partial charge on any atom is 0.230 e. The number of aromatic nitrogens is 3. The van der Waals surface area contributed by atoms with Gasteiger partial charge in [-0.05, 0) is 18.6 Å². The van der Waals surface area contributed by atoms with Gasteiger partial charge in [-0.1, -0.05) is 17.8 Å². The molecule has 0 radical (unpaired) electrons. The average molecular weight is 326 g/mol. The first-order valence-electron chi connectivity index (χ1n) is 6.46. The van der Waals surface area contributed by atoms with Gasteiger partial charge in [-0.15, -0.1) is 10.2 Å². The number of carbonyl (C=O) groups excluding carboxylic acids is 1. The fraction of sp³-hybridized carbons (Fsp3) is 0.417. The Bertz CT molecular complexity index is 772. The lowest BCUT2D eigenvalue weighted by Crippen LogP contribution is -2.36. The molecule has 0 saturated carbocycles. The first-order valence-corrected chi connectivity index (χ1v) is 9.26. The minimum Gasteiger partial charge on any atom is -0.352 e. The molecule has 1 amide bonds. The monoisotopic (exact) mass is 326 g/mol.